The van der Waals surface area contributed by atoms with Crippen molar-refractivity contribution in [1.82, 2.24) is 5.32 Å². The van der Waals surface area contributed by atoms with Crippen molar-refractivity contribution >= 4 is 0 Å². The molecule has 1 heteroatoms. The quantitative estimate of drug-likeness (QED) is 0.727. The van der Waals surface area contributed by atoms with Crippen LogP contribution in [0.25, 0.3) is 0 Å². The first kappa shape index (κ1) is 15.3. The highest BCUT2D eigenvalue weighted by atomic mass is 15.0. The van der Waals surface area contributed by atoms with E-state index in [1.54, 1.807) is 0 Å². The second-order valence-electron chi connectivity index (χ2n) is 6.20. The molecule has 0 radical (unpaired) electrons. The fourth-order valence-electron chi connectivity index (χ4n) is 3.43. The van der Waals surface area contributed by atoms with Crippen molar-refractivity contribution in [1.29, 1.82) is 0 Å². The maximum absolute atomic E-state index is 3.98. The molecule has 20 heavy (non-hydrogen) atoms. The average molecular weight is 271 g/mol. The fourth-order valence-corrected chi connectivity index (χ4v) is 3.43. The second-order valence-corrected chi connectivity index (χ2v) is 6.20. The molecule has 0 spiro atoms. The van der Waals surface area contributed by atoms with Crippen LogP contribution < -0.4 is 5.32 Å². The van der Waals surface area contributed by atoms with Gasteiger partial charge in [-0.1, -0.05) is 68.5 Å². The zero-order valence-corrected chi connectivity index (χ0v) is 12.7. The molecule has 1 aromatic carbocycles. The van der Waals surface area contributed by atoms with E-state index in [9.17, 15) is 0 Å². The topological polar surface area (TPSA) is 12.0 Å². The summed E-state index contributed by atoms with van der Waals surface area (Å²) in [5.41, 5.74) is 1.75. The maximum Gasteiger partial charge on any atom is 0.0215 e. The Morgan fingerprint density at radius 1 is 1.00 bits per heavy atom. The van der Waals surface area contributed by atoms with E-state index in [0.29, 0.717) is 5.54 Å². The van der Waals surface area contributed by atoms with Crippen molar-refractivity contribution in [2.75, 3.05) is 6.54 Å². The molecule has 0 heterocycles. The van der Waals surface area contributed by atoms with Gasteiger partial charge in [0.25, 0.3) is 0 Å². The Bertz CT molecular complexity index is 374. The third-order valence-corrected chi connectivity index (χ3v) is 4.60. The molecule has 0 bridgehead atoms. The molecule has 1 nitrogen and oxygen atoms in total. The largest absolute Gasteiger partial charge is 0.311 e. The minimum absolute atomic E-state index is 0.316. The molecule has 0 aliphatic heterocycles. The Morgan fingerprint density at radius 3 is 2.30 bits per heavy atom. The highest BCUT2D eigenvalue weighted by Crippen LogP contribution is 2.29. The fraction of sp³-hybridized carbons (Fsp3) is 0.579. The molecule has 1 aliphatic rings. The van der Waals surface area contributed by atoms with Gasteiger partial charge < -0.3 is 5.32 Å². The van der Waals surface area contributed by atoms with E-state index in [0.717, 1.165) is 19.4 Å². The Labute approximate surface area is 124 Å². The molecule has 0 unspecified atom stereocenters. The third kappa shape index (κ3) is 4.79. The lowest BCUT2D eigenvalue weighted by Gasteiger charge is -2.36. The van der Waals surface area contributed by atoms with E-state index >= 15 is 0 Å². The molecule has 0 atom stereocenters. The first-order valence-corrected chi connectivity index (χ1v) is 8.24. The average Bonchev–Trinajstić information content (AvgIpc) is 2.44. The van der Waals surface area contributed by atoms with Gasteiger partial charge in [0, 0.05) is 5.54 Å². The number of rotatable bonds is 6. The Kier molecular flexibility index (Phi) is 6.32. The van der Waals surface area contributed by atoms with E-state index in [4.69, 9.17) is 0 Å². The SMILES string of the molecule is C=CCC1(NCCc2ccccc2)CCCCCCC1. The summed E-state index contributed by atoms with van der Waals surface area (Å²) in [5, 5.41) is 3.88. The molecule has 0 saturated heterocycles. The van der Waals surface area contributed by atoms with Gasteiger partial charge in [0.1, 0.15) is 0 Å². The van der Waals surface area contributed by atoms with Crippen LogP contribution in [0.2, 0.25) is 0 Å². The van der Waals surface area contributed by atoms with Crippen molar-refractivity contribution in [3.8, 4) is 0 Å². The molecule has 2 rings (SSSR count). The molecule has 1 saturated carbocycles. The van der Waals surface area contributed by atoms with Crippen LogP contribution in [0.5, 0.6) is 0 Å². The second kappa shape index (κ2) is 8.26. The zero-order chi connectivity index (χ0) is 14.1. The van der Waals surface area contributed by atoms with Gasteiger partial charge in [-0.3, -0.25) is 0 Å². The summed E-state index contributed by atoms with van der Waals surface area (Å²) in [5.74, 6) is 0. The van der Waals surface area contributed by atoms with Crippen molar-refractivity contribution in [2.24, 2.45) is 0 Å². The molecule has 110 valence electrons. The summed E-state index contributed by atoms with van der Waals surface area (Å²) in [6.07, 6.45) is 13.9. The van der Waals surface area contributed by atoms with E-state index in [2.05, 4.69) is 48.3 Å². The lowest BCUT2D eigenvalue weighted by Crippen LogP contribution is -2.46. The van der Waals surface area contributed by atoms with Gasteiger partial charge in [-0.2, -0.15) is 0 Å². The van der Waals surface area contributed by atoms with Gasteiger partial charge in [0.05, 0.1) is 0 Å². The van der Waals surface area contributed by atoms with Gasteiger partial charge in [-0.05, 0) is 37.8 Å². The number of nitrogens with one attached hydrogen (secondary N) is 1. The summed E-state index contributed by atoms with van der Waals surface area (Å²) < 4.78 is 0. The molecular formula is C19H29N. The Hall–Kier alpha value is -1.08. The first-order chi connectivity index (χ1) is 9.85. The maximum atomic E-state index is 3.98. The molecule has 1 N–H and O–H groups in total. The molecule has 0 amide bonds. The molecular weight excluding hydrogens is 242 g/mol. The van der Waals surface area contributed by atoms with Crippen molar-refractivity contribution < 1.29 is 0 Å². The molecule has 1 fully saturated rings. The van der Waals surface area contributed by atoms with Gasteiger partial charge in [-0.25, -0.2) is 0 Å². The molecule has 1 aromatic rings. The number of benzene rings is 1. The van der Waals surface area contributed by atoms with Crippen LogP contribution in [-0.4, -0.2) is 12.1 Å². The number of hydrogen-bond acceptors (Lipinski definition) is 1. The molecule has 0 aromatic heterocycles. The summed E-state index contributed by atoms with van der Waals surface area (Å²) in [4.78, 5) is 0. The van der Waals surface area contributed by atoms with Crippen molar-refractivity contribution in [3.63, 3.8) is 0 Å². The third-order valence-electron chi connectivity index (χ3n) is 4.60. The minimum atomic E-state index is 0.316. The van der Waals surface area contributed by atoms with Crippen LogP contribution in [-0.2, 0) is 6.42 Å². The van der Waals surface area contributed by atoms with E-state index < -0.39 is 0 Å². The Balaban J connectivity index is 1.88. The van der Waals surface area contributed by atoms with Crippen LogP contribution in [0.4, 0.5) is 0 Å². The standard InChI is InChI=1S/C19H29N/c1-2-14-19(15-9-4-3-5-10-16-19)20-17-13-18-11-7-6-8-12-18/h2,6-8,11-12,20H,1,3-5,9-10,13-17H2. The normalized spacial score (nSPS) is 19.0. The van der Waals surface area contributed by atoms with Crippen molar-refractivity contribution in [3.05, 3.63) is 48.6 Å². The first-order valence-electron chi connectivity index (χ1n) is 8.24. The van der Waals surface area contributed by atoms with Gasteiger partial charge in [-0.15, -0.1) is 6.58 Å². The van der Waals surface area contributed by atoms with Gasteiger partial charge in [0.2, 0.25) is 0 Å². The predicted octanol–water partition coefficient (Wildman–Crippen LogP) is 4.88. The van der Waals surface area contributed by atoms with Crippen LogP contribution in [0.1, 0.15) is 56.9 Å². The minimum Gasteiger partial charge on any atom is -0.311 e. The van der Waals surface area contributed by atoms with E-state index in [1.807, 2.05) is 0 Å². The van der Waals surface area contributed by atoms with Crippen LogP contribution in [0.15, 0.2) is 43.0 Å². The highest BCUT2D eigenvalue weighted by molar-refractivity contribution is 5.15. The van der Waals surface area contributed by atoms with Crippen LogP contribution in [0.3, 0.4) is 0 Å². The van der Waals surface area contributed by atoms with Gasteiger partial charge >= 0.3 is 0 Å². The lowest BCUT2D eigenvalue weighted by atomic mass is 9.81. The predicted molar refractivity (Wildman–Crippen MR) is 88.0 cm³/mol. The summed E-state index contributed by atoms with van der Waals surface area (Å²) in [6, 6.07) is 10.8. The lowest BCUT2D eigenvalue weighted by molar-refractivity contribution is 0.252. The van der Waals surface area contributed by atoms with Crippen molar-refractivity contribution in [2.45, 2.75) is 63.3 Å². The summed E-state index contributed by atoms with van der Waals surface area (Å²) in [6.45, 7) is 5.06. The monoisotopic (exact) mass is 271 g/mol. The smallest absolute Gasteiger partial charge is 0.0215 e. The van der Waals surface area contributed by atoms with E-state index in [1.165, 1.54) is 50.5 Å². The van der Waals surface area contributed by atoms with Crippen LogP contribution >= 0.6 is 0 Å². The van der Waals surface area contributed by atoms with E-state index in [-0.39, 0.29) is 0 Å². The van der Waals surface area contributed by atoms with Gasteiger partial charge in [0.15, 0.2) is 0 Å². The highest BCUT2D eigenvalue weighted by Gasteiger charge is 2.27. The molecule has 1 aliphatic carbocycles. The zero-order valence-electron chi connectivity index (χ0n) is 12.7. The Morgan fingerprint density at radius 2 is 1.65 bits per heavy atom. The summed E-state index contributed by atoms with van der Waals surface area (Å²) in [7, 11) is 0. The van der Waals surface area contributed by atoms with Crippen LogP contribution in [0, 0.1) is 0 Å². The number of hydrogen-bond donors (Lipinski definition) is 1. The summed E-state index contributed by atoms with van der Waals surface area (Å²) >= 11 is 0.